The fourth-order valence-electron chi connectivity index (χ4n) is 2.43. The minimum Gasteiger partial charge on any atom is -0.390 e. The predicted molar refractivity (Wildman–Crippen MR) is 98.3 cm³/mol. The number of imidazole rings is 1. The van der Waals surface area contributed by atoms with Crippen LogP contribution in [0.25, 0.3) is 0 Å². The Morgan fingerprint density at radius 1 is 1.32 bits per heavy atom. The van der Waals surface area contributed by atoms with E-state index in [2.05, 4.69) is 56.3 Å². The van der Waals surface area contributed by atoms with E-state index in [1.54, 1.807) is 18.6 Å². The molecule has 0 aliphatic rings. The summed E-state index contributed by atoms with van der Waals surface area (Å²) in [5.74, 6) is 0.165. The lowest BCUT2D eigenvalue weighted by Crippen LogP contribution is -2.13. The highest BCUT2D eigenvalue weighted by Crippen LogP contribution is 2.17. The number of carbonyl (C=O) groups is 1. The Bertz CT molecular complexity index is 908. The molecule has 1 amide bonds. The molecule has 0 saturated heterocycles. The molecular formula is C18H17BrN4O2. The molecule has 0 fully saturated rings. The molecule has 2 heterocycles. The Kier molecular flexibility index (Phi) is 5.25. The van der Waals surface area contributed by atoms with Gasteiger partial charge in [-0.2, -0.15) is 0 Å². The van der Waals surface area contributed by atoms with Crippen molar-refractivity contribution in [2.45, 2.75) is 20.1 Å². The highest BCUT2D eigenvalue weighted by molar-refractivity contribution is 9.10. The molecule has 0 atom stereocenters. The van der Waals surface area contributed by atoms with Crippen molar-refractivity contribution >= 4 is 27.7 Å². The fraction of sp³-hybridized carbons (Fsp3) is 0.167. The number of aromatic nitrogens is 3. The van der Waals surface area contributed by atoms with Crippen LogP contribution in [0.1, 0.15) is 27.2 Å². The molecule has 3 aromatic rings. The number of nitrogens with zero attached hydrogens (tertiary/aromatic N) is 3. The fourth-order valence-corrected chi connectivity index (χ4v) is 2.90. The summed E-state index contributed by atoms with van der Waals surface area (Å²) < 4.78 is 2.50. The van der Waals surface area contributed by atoms with Crippen LogP contribution in [-0.2, 0) is 13.2 Å². The van der Waals surface area contributed by atoms with Crippen LogP contribution in [0.4, 0.5) is 5.82 Å². The number of hydrogen-bond donors (Lipinski definition) is 2. The summed E-state index contributed by atoms with van der Waals surface area (Å²) in [5, 5.41) is 11.9. The topological polar surface area (TPSA) is 80.0 Å². The van der Waals surface area contributed by atoms with Crippen molar-refractivity contribution in [2.75, 3.05) is 5.32 Å². The van der Waals surface area contributed by atoms with Crippen molar-refractivity contribution in [1.29, 1.82) is 0 Å². The van der Waals surface area contributed by atoms with E-state index >= 15 is 0 Å². The van der Waals surface area contributed by atoms with Crippen LogP contribution in [0.3, 0.4) is 0 Å². The van der Waals surface area contributed by atoms with Crippen LogP contribution in [0.15, 0.2) is 53.5 Å². The molecule has 128 valence electrons. The zero-order valence-corrected chi connectivity index (χ0v) is 15.2. The summed E-state index contributed by atoms with van der Waals surface area (Å²) in [6, 6.07) is 9.86. The Morgan fingerprint density at radius 2 is 2.16 bits per heavy atom. The maximum absolute atomic E-state index is 12.3. The second kappa shape index (κ2) is 7.58. The number of carbonyl (C=O) groups excluding carboxylic acids is 1. The summed E-state index contributed by atoms with van der Waals surface area (Å²) >= 11 is 3.29. The average Bonchev–Trinajstić information content (AvgIpc) is 3.01. The zero-order valence-electron chi connectivity index (χ0n) is 13.6. The second-order valence-corrected chi connectivity index (χ2v) is 6.54. The lowest BCUT2D eigenvalue weighted by Gasteiger charge is -2.05. The third-order valence-electron chi connectivity index (χ3n) is 3.65. The van der Waals surface area contributed by atoms with Crippen molar-refractivity contribution in [3.05, 3.63) is 75.9 Å². The summed E-state index contributed by atoms with van der Waals surface area (Å²) in [6.45, 7) is 2.55. The monoisotopic (exact) mass is 400 g/mol. The Balaban J connectivity index is 1.68. The number of amides is 1. The zero-order chi connectivity index (χ0) is 17.8. The van der Waals surface area contributed by atoms with Gasteiger partial charge in [-0.3, -0.25) is 9.78 Å². The minimum absolute atomic E-state index is 0.189. The molecule has 0 spiro atoms. The van der Waals surface area contributed by atoms with Crippen molar-refractivity contribution in [2.24, 2.45) is 0 Å². The van der Waals surface area contributed by atoms with E-state index in [1.807, 2.05) is 10.6 Å². The molecule has 2 aromatic heterocycles. The first-order valence-corrected chi connectivity index (χ1v) is 8.48. The van der Waals surface area contributed by atoms with Crippen LogP contribution in [0.5, 0.6) is 0 Å². The number of hydrogen-bond acceptors (Lipinski definition) is 4. The maximum Gasteiger partial charge on any atom is 0.258 e. The first kappa shape index (κ1) is 17.3. The van der Waals surface area contributed by atoms with Crippen molar-refractivity contribution < 1.29 is 9.90 Å². The number of aliphatic hydroxyl groups excluding tert-OH is 1. The quantitative estimate of drug-likeness (QED) is 0.689. The van der Waals surface area contributed by atoms with Gasteiger partial charge in [-0.05, 0) is 34.5 Å². The van der Waals surface area contributed by atoms with Crippen LogP contribution in [0.2, 0.25) is 0 Å². The predicted octanol–water partition coefficient (Wildman–Crippen LogP) is 3.14. The molecule has 3 rings (SSSR count). The molecule has 25 heavy (non-hydrogen) atoms. The summed E-state index contributed by atoms with van der Waals surface area (Å²) in [6.07, 6.45) is 4.89. The highest BCUT2D eigenvalue weighted by atomic mass is 79.9. The van der Waals surface area contributed by atoms with Crippen molar-refractivity contribution in [3.8, 4) is 0 Å². The van der Waals surface area contributed by atoms with Gasteiger partial charge in [-0.1, -0.05) is 29.8 Å². The van der Waals surface area contributed by atoms with Gasteiger partial charge in [-0.15, -0.1) is 0 Å². The molecule has 2 N–H and O–H groups in total. The molecule has 7 heteroatoms. The van der Waals surface area contributed by atoms with Gasteiger partial charge in [0.2, 0.25) is 0 Å². The number of halogens is 1. The Morgan fingerprint density at radius 3 is 2.88 bits per heavy atom. The third-order valence-corrected chi connectivity index (χ3v) is 4.34. The van der Waals surface area contributed by atoms with E-state index in [4.69, 9.17) is 5.11 Å². The van der Waals surface area contributed by atoms with Crippen LogP contribution in [-0.4, -0.2) is 25.5 Å². The van der Waals surface area contributed by atoms with Gasteiger partial charge < -0.3 is 15.0 Å². The number of benzene rings is 1. The minimum atomic E-state index is -0.307. The number of rotatable bonds is 5. The molecule has 0 radical (unpaired) electrons. The second-order valence-electron chi connectivity index (χ2n) is 5.69. The van der Waals surface area contributed by atoms with E-state index in [1.165, 1.54) is 17.3 Å². The van der Waals surface area contributed by atoms with E-state index in [-0.39, 0.29) is 12.5 Å². The normalized spacial score (nSPS) is 10.7. The van der Waals surface area contributed by atoms with Crippen molar-refractivity contribution in [3.63, 3.8) is 0 Å². The van der Waals surface area contributed by atoms with Gasteiger partial charge in [0.1, 0.15) is 0 Å². The molecule has 0 saturated carbocycles. The standard InChI is InChI=1S/C18H17BrN4O2/c1-12-3-2-4-13(5-12)8-23-9-17(21-11-23)22-18(25)14-6-15(19)16(10-24)20-7-14/h2-7,9,11,24H,8,10H2,1H3,(H,22,25). The Labute approximate surface area is 153 Å². The van der Waals surface area contributed by atoms with Gasteiger partial charge in [0.15, 0.2) is 5.82 Å². The molecule has 0 unspecified atom stereocenters. The molecule has 6 nitrogen and oxygen atoms in total. The van der Waals surface area contributed by atoms with Gasteiger partial charge in [0.05, 0.1) is 24.2 Å². The average molecular weight is 401 g/mol. The van der Waals surface area contributed by atoms with Gasteiger partial charge in [0.25, 0.3) is 5.91 Å². The molecule has 1 aromatic carbocycles. The van der Waals surface area contributed by atoms with Crippen molar-refractivity contribution in [1.82, 2.24) is 14.5 Å². The summed E-state index contributed by atoms with van der Waals surface area (Å²) in [5.41, 5.74) is 3.25. The van der Waals surface area contributed by atoms with Crippen LogP contribution >= 0.6 is 15.9 Å². The van der Waals surface area contributed by atoms with E-state index in [0.29, 0.717) is 28.1 Å². The summed E-state index contributed by atoms with van der Waals surface area (Å²) in [4.78, 5) is 20.6. The van der Waals surface area contributed by atoms with E-state index in [0.717, 1.165) is 0 Å². The Hall–Kier alpha value is -2.51. The molecule has 0 aliphatic carbocycles. The van der Waals surface area contributed by atoms with E-state index < -0.39 is 0 Å². The number of nitrogens with one attached hydrogen (secondary N) is 1. The lowest BCUT2D eigenvalue weighted by atomic mass is 10.1. The number of anilines is 1. The van der Waals surface area contributed by atoms with Gasteiger partial charge in [-0.25, -0.2) is 4.98 Å². The largest absolute Gasteiger partial charge is 0.390 e. The van der Waals surface area contributed by atoms with E-state index in [9.17, 15) is 4.79 Å². The molecular weight excluding hydrogens is 384 g/mol. The van der Waals surface area contributed by atoms with Gasteiger partial charge in [0, 0.05) is 23.4 Å². The van der Waals surface area contributed by atoms with Crippen LogP contribution < -0.4 is 5.32 Å². The molecule has 0 aliphatic heterocycles. The third kappa shape index (κ3) is 4.32. The lowest BCUT2D eigenvalue weighted by molar-refractivity contribution is 0.102. The maximum atomic E-state index is 12.3. The summed E-state index contributed by atoms with van der Waals surface area (Å²) in [7, 11) is 0. The number of pyridine rings is 1. The smallest absolute Gasteiger partial charge is 0.258 e. The highest BCUT2D eigenvalue weighted by Gasteiger charge is 2.11. The first-order valence-electron chi connectivity index (χ1n) is 7.69. The molecule has 0 bridgehead atoms. The first-order chi connectivity index (χ1) is 12.0. The van der Waals surface area contributed by atoms with Gasteiger partial charge >= 0.3 is 0 Å². The SMILES string of the molecule is Cc1cccc(Cn2cnc(NC(=O)c3cnc(CO)c(Br)c3)c2)c1. The number of aliphatic hydroxyl groups is 1. The number of aryl methyl sites for hydroxylation is 1. The van der Waals surface area contributed by atoms with Crippen LogP contribution in [0, 0.1) is 6.92 Å².